The predicted molar refractivity (Wildman–Crippen MR) is 122 cm³/mol. The van der Waals surface area contributed by atoms with Crippen LogP contribution >= 0.6 is 15.9 Å². The van der Waals surface area contributed by atoms with E-state index in [4.69, 9.17) is 9.15 Å². The second kappa shape index (κ2) is 8.78. The number of anilines is 1. The van der Waals surface area contributed by atoms with Crippen LogP contribution in [0, 0.1) is 0 Å². The van der Waals surface area contributed by atoms with Gasteiger partial charge in [0, 0.05) is 21.3 Å². The van der Waals surface area contributed by atoms with Crippen molar-refractivity contribution < 1.29 is 27.5 Å². The molecule has 0 spiro atoms. The minimum Gasteiger partial charge on any atom is -0.494 e. The number of methoxy groups -OCH3 is 1. The highest BCUT2D eigenvalue weighted by atomic mass is 79.9. The fourth-order valence-electron chi connectivity index (χ4n) is 3.60. The number of hydrogen-bond donors (Lipinski definition) is 1. The van der Waals surface area contributed by atoms with Crippen LogP contribution in [0.1, 0.15) is 18.5 Å². The lowest BCUT2D eigenvalue weighted by Crippen LogP contribution is -2.41. The molecule has 0 fully saturated rings. The van der Waals surface area contributed by atoms with Crippen LogP contribution in [0.25, 0.3) is 21.9 Å². The van der Waals surface area contributed by atoms with Crippen LogP contribution < -0.4 is 10.1 Å². The lowest BCUT2D eigenvalue weighted by molar-refractivity contribution is -0.173. The molecule has 1 N–H and O–H groups in total. The molecule has 3 aromatic carbocycles. The summed E-state index contributed by atoms with van der Waals surface area (Å²) in [6, 6.07) is 15.4. The van der Waals surface area contributed by atoms with Crippen LogP contribution in [-0.4, -0.2) is 25.6 Å². The molecule has 0 saturated carbocycles. The molecule has 4 rings (SSSR count). The van der Waals surface area contributed by atoms with E-state index >= 15 is 8.78 Å². The Balaban J connectivity index is 1.85. The van der Waals surface area contributed by atoms with Crippen molar-refractivity contribution in [3.63, 3.8) is 0 Å². The summed E-state index contributed by atoms with van der Waals surface area (Å²) in [7, 11) is 1.44. The van der Waals surface area contributed by atoms with Crippen molar-refractivity contribution in [1.82, 2.24) is 0 Å². The Kier molecular flexibility index (Phi) is 6.06. The van der Waals surface area contributed by atoms with E-state index in [0.717, 1.165) is 10.8 Å². The number of rotatable bonds is 7. The molecule has 0 amide bonds. The number of ether oxygens (including phenoxy) is 2. The summed E-state index contributed by atoms with van der Waals surface area (Å²) >= 11 is 3.31. The fourth-order valence-corrected chi connectivity index (χ4v) is 4.02. The topological polar surface area (TPSA) is 60.7 Å². The van der Waals surface area contributed by atoms with Crippen molar-refractivity contribution in [3.05, 3.63) is 70.7 Å². The summed E-state index contributed by atoms with van der Waals surface area (Å²) in [4.78, 5) is 12.2. The number of carbonyl (C=O) groups excluding carboxylic acids is 1. The molecule has 166 valence electrons. The highest BCUT2D eigenvalue weighted by Gasteiger charge is 2.50. The van der Waals surface area contributed by atoms with Crippen LogP contribution in [0.2, 0.25) is 0 Å². The van der Waals surface area contributed by atoms with Gasteiger partial charge < -0.3 is 19.2 Å². The lowest BCUT2D eigenvalue weighted by atomic mass is 9.99. The predicted octanol–water partition coefficient (Wildman–Crippen LogP) is 6.71. The molecule has 1 heterocycles. The number of halogens is 3. The Labute approximate surface area is 191 Å². The van der Waals surface area contributed by atoms with Gasteiger partial charge in [-0.15, -0.1) is 0 Å². The van der Waals surface area contributed by atoms with Gasteiger partial charge in [-0.3, -0.25) is 0 Å². The third kappa shape index (κ3) is 4.02. The molecule has 5 nitrogen and oxygen atoms in total. The van der Waals surface area contributed by atoms with Gasteiger partial charge >= 0.3 is 11.9 Å². The summed E-state index contributed by atoms with van der Waals surface area (Å²) < 4.78 is 47.2. The van der Waals surface area contributed by atoms with E-state index in [0.29, 0.717) is 27.1 Å². The molecule has 0 bridgehead atoms. The Morgan fingerprint density at radius 3 is 2.59 bits per heavy atom. The number of fused-ring (bicyclic) bond motifs is 3. The van der Waals surface area contributed by atoms with E-state index in [-0.39, 0.29) is 12.2 Å². The summed E-state index contributed by atoms with van der Waals surface area (Å²) in [6.45, 7) is 1.33. The molecule has 8 heteroatoms. The van der Waals surface area contributed by atoms with E-state index in [2.05, 4.69) is 26.0 Å². The van der Waals surface area contributed by atoms with E-state index in [9.17, 15) is 4.79 Å². The number of para-hydroxylation sites is 1. The molecule has 0 aliphatic rings. The van der Waals surface area contributed by atoms with Crippen LogP contribution in [0.5, 0.6) is 5.75 Å². The van der Waals surface area contributed by atoms with Gasteiger partial charge in [-0.25, -0.2) is 4.79 Å². The maximum Gasteiger partial charge on any atom is 0.379 e. The second-order valence-electron chi connectivity index (χ2n) is 7.12. The van der Waals surface area contributed by atoms with Crippen molar-refractivity contribution >= 4 is 49.5 Å². The Morgan fingerprint density at radius 1 is 1.09 bits per heavy atom. The zero-order valence-electron chi connectivity index (χ0n) is 17.3. The van der Waals surface area contributed by atoms with Gasteiger partial charge in [0.15, 0.2) is 0 Å². The van der Waals surface area contributed by atoms with E-state index in [1.807, 2.05) is 24.3 Å². The fraction of sp³-hybridized carbons (Fsp3) is 0.208. The third-order valence-corrected chi connectivity index (χ3v) is 5.58. The zero-order valence-corrected chi connectivity index (χ0v) is 18.9. The van der Waals surface area contributed by atoms with E-state index < -0.39 is 17.9 Å². The Hall–Kier alpha value is -3.13. The van der Waals surface area contributed by atoms with Crippen LogP contribution in [0.3, 0.4) is 0 Å². The van der Waals surface area contributed by atoms with Crippen molar-refractivity contribution in [1.29, 1.82) is 0 Å². The SMILES string of the molecule is CCOC(=O)C(F)(F)[C@@H](Nc1cc2c(cc1OC)oc1ccccc12)c1cccc(Br)c1. The van der Waals surface area contributed by atoms with Crippen molar-refractivity contribution in [3.8, 4) is 5.75 Å². The number of alkyl halides is 2. The first kappa shape index (κ1) is 22.1. The standard InChI is InChI=1S/C24H20BrF2NO4/c1-3-31-23(29)24(26,27)22(14-7-6-8-15(25)11-14)28-18-12-17-16-9-4-5-10-19(16)32-20(17)13-21(18)30-2/h4-13,22,28H,3H2,1-2H3/t22-/m0/s1. The largest absolute Gasteiger partial charge is 0.494 e. The molecule has 0 aliphatic heterocycles. The first-order valence-electron chi connectivity index (χ1n) is 9.91. The highest BCUT2D eigenvalue weighted by molar-refractivity contribution is 9.10. The molecular weight excluding hydrogens is 484 g/mol. The van der Waals surface area contributed by atoms with Gasteiger partial charge in [-0.05, 0) is 36.8 Å². The maximum absolute atomic E-state index is 15.3. The average molecular weight is 504 g/mol. The van der Waals surface area contributed by atoms with E-state index in [1.165, 1.54) is 26.2 Å². The number of furan rings is 1. The van der Waals surface area contributed by atoms with Crippen molar-refractivity contribution in [2.75, 3.05) is 19.0 Å². The van der Waals surface area contributed by atoms with Crippen LogP contribution in [0.4, 0.5) is 14.5 Å². The van der Waals surface area contributed by atoms with Gasteiger partial charge in [0.1, 0.15) is 23.0 Å². The van der Waals surface area contributed by atoms with Crippen LogP contribution in [-0.2, 0) is 9.53 Å². The normalized spacial score (nSPS) is 12.7. The molecule has 0 saturated heterocycles. The molecule has 0 unspecified atom stereocenters. The van der Waals surface area contributed by atoms with Crippen LogP contribution in [0.15, 0.2) is 69.6 Å². The Bertz CT molecular complexity index is 1290. The minimum absolute atomic E-state index is 0.157. The number of benzene rings is 3. The van der Waals surface area contributed by atoms with Crippen molar-refractivity contribution in [2.45, 2.75) is 18.9 Å². The molecule has 0 aliphatic carbocycles. The first-order valence-corrected chi connectivity index (χ1v) is 10.7. The quantitative estimate of drug-likeness (QED) is 0.284. The van der Waals surface area contributed by atoms with Gasteiger partial charge in [0.2, 0.25) is 0 Å². The number of carbonyl (C=O) groups is 1. The smallest absolute Gasteiger partial charge is 0.379 e. The first-order chi connectivity index (χ1) is 15.3. The molecule has 32 heavy (non-hydrogen) atoms. The monoisotopic (exact) mass is 503 g/mol. The minimum atomic E-state index is -3.85. The third-order valence-electron chi connectivity index (χ3n) is 5.09. The van der Waals surface area contributed by atoms with Crippen molar-refractivity contribution in [2.24, 2.45) is 0 Å². The number of nitrogens with one attached hydrogen (secondary N) is 1. The zero-order chi connectivity index (χ0) is 22.9. The number of esters is 1. The second-order valence-corrected chi connectivity index (χ2v) is 8.04. The molecular formula is C24H20BrF2NO4. The summed E-state index contributed by atoms with van der Waals surface area (Å²) in [5.74, 6) is -5.16. The molecule has 1 aromatic heterocycles. The average Bonchev–Trinajstić information content (AvgIpc) is 3.14. The Morgan fingerprint density at radius 2 is 1.88 bits per heavy atom. The highest BCUT2D eigenvalue weighted by Crippen LogP contribution is 2.41. The summed E-state index contributed by atoms with van der Waals surface area (Å²) in [6.07, 6.45) is 0. The lowest BCUT2D eigenvalue weighted by Gasteiger charge is -2.28. The summed E-state index contributed by atoms with van der Waals surface area (Å²) in [5, 5.41) is 4.40. The number of hydrogen-bond acceptors (Lipinski definition) is 5. The van der Waals surface area contributed by atoms with Gasteiger partial charge in [-0.1, -0.05) is 46.3 Å². The summed E-state index contributed by atoms with van der Waals surface area (Å²) in [5.41, 5.74) is 1.73. The van der Waals surface area contributed by atoms with Gasteiger partial charge in [0.25, 0.3) is 0 Å². The molecule has 1 atom stereocenters. The molecule has 4 aromatic rings. The maximum atomic E-state index is 15.3. The molecule has 0 radical (unpaired) electrons. The van der Waals surface area contributed by atoms with Gasteiger partial charge in [0.05, 0.1) is 19.4 Å². The van der Waals surface area contributed by atoms with Gasteiger partial charge in [-0.2, -0.15) is 8.78 Å². The van der Waals surface area contributed by atoms with E-state index in [1.54, 1.807) is 24.3 Å².